The van der Waals surface area contributed by atoms with Crippen molar-refractivity contribution in [3.63, 3.8) is 0 Å². The molecule has 5 nitrogen and oxygen atoms in total. The quantitative estimate of drug-likeness (QED) is 0.739. The molecule has 0 spiro atoms. The monoisotopic (exact) mass is 346 g/mol. The highest BCUT2D eigenvalue weighted by molar-refractivity contribution is 6.03. The van der Waals surface area contributed by atoms with Gasteiger partial charge in [0.25, 0.3) is 5.91 Å². The molecule has 0 aliphatic rings. The second-order valence-electron chi connectivity index (χ2n) is 6.11. The molecule has 0 unspecified atom stereocenters. The molecular weight excluding hydrogens is 324 g/mol. The first-order valence-corrected chi connectivity index (χ1v) is 8.61. The maximum atomic E-state index is 12.7. The van der Waals surface area contributed by atoms with E-state index in [4.69, 9.17) is 0 Å². The summed E-state index contributed by atoms with van der Waals surface area (Å²) in [6.07, 6.45) is 1.43. The molecule has 0 bridgehead atoms. The van der Waals surface area contributed by atoms with Gasteiger partial charge in [-0.05, 0) is 50.1 Å². The lowest BCUT2D eigenvalue weighted by Crippen LogP contribution is -2.20. The number of aromatic nitrogens is 2. The van der Waals surface area contributed by atoms with Gasteiger partial charge in [0.1, 0.15) is 17.8 Å². The molecule has 3 rings (SSSR count). The Balaban J connectivity index is 1.86. The van der Waals surface area contributed by atoms with Crippen LogP contribution in [0.1, 0.15) is 28.5 Å². The zero-order valence-corrected chi connectivity index (χ0v) is 15.2. The maximum absolute atomic E-state index is 12.7. The molecule has 0 aliphatic heterocycles. The molecule has 132 valence electrons. The third-order valence-corrected chi connectivity index (χ3v) is 4.19. The first-order valence-electron chi connectivity index (χ1n) is 8.61. The first-order chi connectivity index (χ1) is 12.6. The van der Waals surface area contributed by atoms with E-state index in [2.05, 4.69) is 15.3 Å². The normalized spacial score (nSPS) is 10.4. The number of benzene rings is 2. The maximum Gasteiger partial charge on any atom is 0.274 e. The van der Waals surface area contributed by atoms with Gasteiger partial charge in [-0.25, -0.2) is 9.97 Å². The van der Waals surface area contributed by atoms with Crippen LogP contribution in [0, 0.1) is 13.8 Å². The van der Waals surface area contributed by atoms with Crippen molar-refractivity contribution in [2.75, 3.05) is 16.8 Å². The van der Waals surface area contributed by atoms with Crippen molar-refractivity contribution in [2.24, 2.45) is 0 Å². The van der Waals surface area contributed by atoms with Gasteiger partial charge in [0.2, 0.25) is 0 Å². The zero-order chi connectivity index (χ0) is 18.5. The van der Waals surface area contributed by atoms with Gasteiger partial charge in [0, 0.05) is 24.0 Å². The molecular formula is C21H22N4O. The average Bonchev–Trinajstić information content (AvgIpc) is 2.66. The Morgan fingerprint density at radius 1 is 1.04 bits per heavy atom. The Morgan fingerprint density at radius 2 is 1.81 bits per heavy atom. The van der Waals surface area contributed by atoms with Crippen molar-refractivity contribution in [2.45, 2.75) is 20.8 Å². The fourth-order valence-corrected chi connectivity index (χ4v) is 2.76. The van der Waals surface area contributed by atoms with E-state index in [1.54, 1.807) is 6.07 Å². The lowest BCUT2D eigenvalue weighted by Gasteiger charge is -2.22. The molecule has 0 aliphatic carbocycles. The van der Waals surface area contributed by atoms with E-state index >= 15 is 0 Å². The van der Waals surface area contributed by atoms with Gasteiger partial charge in [0.05, 0.1) is 0 Å². The molecule has 0 radical (unpaired) electrons. The van der Waals surface area contributed by atoms with Gasteiger partial charge in [0.15, 0.2) is 0 Å². The van der Waals surface area contributed by atoms with Crippen molar-refractivity contribution in [1.29, 1.82) is 0 Å². The minimum atomic E-state index is -0.244. The summed E-state index contributed by atoms with van der Waals surface area (Å²) in [6.45, 7) is 6.75. The van der Waals surface area contributed by atoms with Crippen LogP contribution >= 0.6 is 0 Å². The minimum Gasteiger partial charge on any atom is -0.327 e. The van der Waals surface area contributed by atoms with Gasteiger partial charge in [-0.15, -0.1) is 0 Å². The fourth-order valence-electron chi connectivity index (χ4n) is 2.76. The number of hydrogen-bond acceptors (Lipinski definition) is 4. The Kier molecular flexibility index (Phi) is 5.27. The van der Waals surface area contributed by atoms with E-state index in [1.807, 2.05) is 74.2 Å². The van der Waals surface area contributed by atoms with Gasteiger partial charge in [-0.1, -0.05) is 30.3 Å². The largest absolute Gasteiger partial charge is 0.327 e. The van der Waals surface area contributed by atoms with Crippen molar-refractivity contribution >= 4 is 23.1 Å². The molecule has 0 saturated heterocycles. The molecule has 1 amide bonds. The van der Waals surface area contributed by atoms with E-state index in [0.29, 0.717) is 11.5 Å². The van der Waals surface area contributed by atoms with Crippen LogP contribution in [0.2, 0.25) is 0 Å². The number of hydrogen-bond donors (Lipinski definition) is 1. The Hall–Kier alpha value is -3.21. The van der Waals surface area contributed by atoms with E-state index in [1.165, 1.54) is 6.33 Å². The van der Waals surface area contributed by atoms with Crippen LogP contribution < -0.4 is 10.2 Å². The van der Waals surface area contributed by atoms with E-state index < -0.39 is 0 Å². The van der Waals surface area contributed by atoms with Gasteiger partial charge in [-0.3, -0.25) is 4.79 Å². The molecule has 1 aromatic heterocycles. The first kappa shape index (κ1) is 17.6. The van der Waals surface area contributed by atoms with Gasteiger partial charge < -0.3 is 10.2 Å². The molecule has 0 atom stereocenters. The highest BCUT2D eigenvalue weighted by Gasteiger charge is 2.14. The lowest BCUT2D eigenvalue weighted by atomic mass is 10.1. The number of nitrogens with zero attached hydrogens (tertiary/aromatic N) is 3. The third-order valence-electron chi connectivity index (χ3n) is 4.19. The fraction of sp³-hybridized carbons (Fsp3) is 0.190. The lowest BCUT2D eigenvalue weighted by molar-refractivity contribution is 0.102. The molecule has 5 heteroatoms. The van der Waals surface area contributed by atoms with Crippen molar-refractivity contribution in [3.8, 4) is 0 Å². The van der Waals surface area contributed by atoms with Gasteiger partial charge in [-0.2, -0.15) is 0 Å². The van der Waals surface area contributed by atoms with Crippen LogP contribution in [0.3, 0.4) is 0 Å². The summed E-state index contributed by atoms with van der Waals surface area (Å²) in [7, 11) is 0. The van der Waals surface area contributed by atoms with E-state index in [-0.39, 0.29) is 5.91 Å². The van der Waals surface area contributed by atoms with Crippen molar-refractivity contribution < 1.29 is 4.79 Å². The molecule has 1 heterocycles. The molecule has 0 fully saturated rings. The van der Waals surface area contributed by atoms with Crippen LogP contribution in [0.15, 0.2) is 60.9 Å². The number of carbonyl (C=O) groups is 1. The highest BCUT2D eigenvalue weighted by Crippen LogP contribution is 2.23. The molecule has 1 N–H and O–H groups in total. The molecule has 0 saturated carbocycles. The topological polar surface area (TPSA) is 58.1 Å². The second kappa shape index (κ2) is 7.78. The number of anilines is 3. The van der Waals surface area contributed by atoms with Crippen LogP contribution in [0.5, 0.6) is 0 Å². The van der Waals surface area contributed by atoms with Gasteiger partial charge >= 0.3 is 0 Å². The van der Waals surface area contributed by atoms with E-state index in [0.717, 1.165) is 29.0 Å². The average molecular weight is 346 g/mol. The predicted molar refractivity (Wildman–Crippen MR) is 105 cm³/mol. The molecule has 26 heavy (non-hydrogen) atoms. The number of para-hydroxylation sites is 1. The minimum absolute atomic E-state index is 0.244. The van der Waals surface area contributed by atoms with Crippen LogP contribution in [-0.2, 0) is 0 Å². The number of aryl methyl sites for hydroxylation is 2. The Labute approximate surface area is 153 Å². The number of amides is 1. The van der Waals surface area contributed by atoms with Crippen LogP contribution in [0.25, 0.3) is 0 Å². The molecule has 2 aromatic carbocycles. The number of carbonyl (C=O) groups excluding carboxylic acids is 1. The van der Waals surface area contributed by atoms with Crippen molar-refractivity contribution in [1.82, 2.24) is 9.97 Å². The summed E-state index contributed by atoms with van der Waals surface area (Å²) in [4.78, 5) is 23.2. The number of rotatable bonds is 5. The summed E-state index contributed by atoms with van der Waals surface area (Å²) in [5.74, 6) is 0.450. The summed E-state index contributed by atoms with van der Waals surface area (Å²) in [6, 6.07) is 17.6. The second-order valence-corrected chi connectivity index (χ2v) is 6.11. The summed E-state index contributed by atoms with van der Waals surface area (Å²) in [5.41, 5.74) is 4.26. The van der Waals surface area contributed by atoms with E-state index in [9.17, 15) is 4.79 Å². The standard InChI is InChI=1S/C21H22N4O/c1-4-25(17-8-6-5-7-9-17)20-13-19(22-14-23-20)21(26)24-18-12-15(2)10-11-16(18)3/h5-14H,4H2,1-3H3,(H,24,26). The SMILES string of the molecule is CCN(c1ccccc1)c1cc(C(=O)Nc2cc(C)ccc2C)ncn1. The Morgan fingerprint density at radius 3 is 2.54 bits per heavy atom. The third kappa shape index (κ3) is 3.88. The van der Waals surface area contributed by atoms with Crippen LogP contribution in [0.4, 0.5) is 17.2 Å². The smallest absolute Gasteiger partial charge is 0.274 e. The summed E-state index contributed by atoms with van der Waals surface area (Å²) >= 11 is 0. The summed E-state index contributed by atoms with van der Waals surface area (Å²) in [5, 5.41) is 2.94. The number of nitrogens with one attached hydrogen (secondary N) is 1. The molecule has 3 aromatic rings. The predicted octanol–water partition coefficient (Wildman–Crippen LogP) is 4.50. The zero-order valence-electron chi connectivity index (χ0n) is 15.2. The highest BCUT2D eigenvalue weighted by atomic mass is 16.1. The summed E-state index contributed by atoms with van der Waals surface area (Å²) < 4.78 is 0. The van der Waals surface area contributed by atoms with Crippen LogP contribution in [-0.4, -0.2) is 22.4 Å². The van der Waals surface area contributed by atoms with Crippen molar-refractivity contribution in [3.05, 3.63) is 77.7 Å². The Bertz CT molecular complexity index is 909.